The predicted octanol–water partition coefficient (Wildman–Crippen LogP) is 4.39. The number of aliphatic hydroxyl groups excluding tert-OH is 1. The van der Waals surface area contributed by atoms with Crippen LogP contribution in [0.5, 0.6) is 5.75 Å². The molecule has 0 saturated carbocycles. The van der Waals surface area contributed by atoms with Gasteiger partial charge < -0.3 is 40.1 Å². The Morgan fingerprint density at radius 1 is 1.14 bits per heavy atom. The van der Waals surface area contributed by atoms with Crippen LogP contribution in [0.2, 0.25) is 0 Å². The number of urea groups is 2. The average Bonchev–Trinajstić information content (AvgIpc) is 3.30. The monoisotopic (exact) mass is 596 g/mol. The van der Waals surface area contributed by atoms with Gasteiger partial charge in [-0.3, -0.25) is 4.79 Å². The summed E-state index contributed by atoms with van der Waals surface area (Å²) >= 11 is 0. The molecule has 0 saturated heterocycles. The van der Waals surface area contributed by atoms with Crippen LogP contribution in [0.25, 0.3) is 0 Å². The van der Waals surface area contributed by atoms with Crippen molar-refractivity contribution in [2.45, 2.75) is 46.3 Å². The van der Waals surface area contributed by atoms with E-state index in [9.17, 15) is 23.9 Å². The van der Waals surface area contributed by atoms with Crippen molar-refractivity contribution in [3.8, 4) is 5.75 Å². The average molecular weight is 597 g/mol. The number of fused-ring (bicyclic) bond motifs is 1. The molecule has 13 heteroatoms. The third-order valence-electron chi connectivity index (χ3n) is 7.34. The fraction of sp³-hybridized carbons (Fsp3) is 0.400. The van der Waals surface area contributed by atoms with E-state index in [2.05, 4.69) is 21.1 Å². The minimum Gasteiger partial charge on any atom is -0.488 e. The Labute approximate surface area is 249 Å². The Morgan fingerprint density at radius 3 is 2.49 bits per heavy atom. The number of ether oxygens (including phenoxy) is 1. The Morgan fingerprint density at radius 2 is 1.84 bits per heavy atom. The highest BCUT2D eigenvalue weighted by Crippen LogP contribution is 2.29. The van der Waals surface area contributed by atoms with Crippen LogP contribution < -0.4 is 20.7 Å². The van der Waals surface area contributed by atoms with E-state index in [0.717, 1.165) is 0 Å². The number of hydrogen-bond acceptors (Lipinski definition) is 7. The summed E-state index contributed by atoms with van der Waals surface area (Å²) < 4.78 is 24.8. The molecule has 4 rings (SSSR count). The minimum absolute atomic E-state index is 0.0268. The van der Waals surface area contributed by atoms with Crippen molar-refractivity contribution in [2.75, 3.05) is 42.7 Å². The number of aromatic nitrogens is 1. The molecular formula is C30H37FN6O6. The summed E-state index contributed by atoms with van der Waals surface area (Å²) in [7, 11) is 1.62. The molecule has 1 aliphatic rings. The topological polar surface area (TPSA) is 149 Å². The van der Waals surface area contributed by atoms with Crippen molar-refractivity contribution in [3.63, 3.8) is 0 Å². The molecule has 43 heavy (non-hydrogen) atoms. The second-order valence-corrected chi connectivity index (χ2v) is 10.8. The number of carbonyl (C=O) groups excluding carboxylic acids is 3. The highest BCUT2D eigenvalue weighted by molar-refractivity contribution is 6.00. The van der Waals surface area contributed by atoms with E-state index in [0.29, 0.717) is 39.8 Å². The number of halogens is 1. The van der Waals surface area contributed by atoms with E-state index >= 15 is 0 Å². The van der Waals surface area contributed by atoms with Gasteiger partial charge in [-0.1, -0.05) is 12.1 Å². The number of rotatable bonds is 7. The summed E-state index contributed by atoms with van der Waals surface area (Å²) in [4.78, 5) is 42.2. The van der Waals surface area contributed by atoms with Crippen molar-refractivity contribution in [1.82, 2.24) is 15.0 Å². The van der Waals surface area contributed by atoms with Gasteiger partial charge >= 0.3 is 12.1 Å². The molecule has 0 spiro atoms. The number of nitrogens with one attached hydrogen (secondary N) is 3. The van der Waals surface area contributed by atoms with Crippen LogP contribution in [0.1, 0.15) is 30.9 Å². The van der Waals surface area contributed by atoms with Crippen LogP contribution in [0.4, 0.5) is 31.0 Å². The Bertz CT molecular complexity index is 1440. The van der Waals surface area contributed by atoms with E-state index in [1.54, 1.807) is 50.9 Å². The van der Waals surface area contributed by atoms with Crippen LogP contribution in [0, 0.1) is 25.6 Å². The zero-order valence-corrected chi connectivity index (χ0v) is 24.8. The van der Waals surface area contributed by atoms with Crippen LogP contribution >= 0.6 is 0 Å². The number of carbonyl (C=O) groups is 3. The van der Waals surface area contributed by atoms with Gasteiger partial charge in [-0.25, -0.2) is 14.0 Å². The highest BCUT2D eigenvalue weighted by atomic mass is 19.1. The van der Waals surface area contributed by atoms with Crippen molar-refractivity contribution >= 4 is 35.0 Å². The SMILES string of the molecule is Cc1noc(C)c1NC(=O)Nc1ccc2c(c1)CC(=O)N([C@@H](C)CO)C[C@H](C)[C@@H](CN(C)C(=O)Nc1ccc(F)cc1)O2. The summed E-state index contributed by atoms with van der Waals surface area (Å²) in [6.45, 7) is 7.32. The predicted molar refractivity (Wildman–Crippen MR) is 159 cm³/mol. The van der Waals surface area contributed by atoms with Gasteiger partial charge in [-0.05, 0) is 63.2 Å². The summed E-state index contributed by atoms with van der Waals surface area (Å²) in [5.74, 6) is 0.0547. The number of nitrogens with zero attached hydrogens (tertiary/aromatic N) is 3. The van der Waals surface area contributed by atoms with Crippen LogP contribution in [0.3, 0.4) is 0 Å². The molecule has 2 aromatic carbocycles. The normalized spacial score (nSPS) is 17.5. The fourth-order valence-electron chi connectivity index (χ4n) is 4.77. The lowest BCUT2D eigenvalue weighted by Crippen LogP contribution is -2.48. The van der Waals surface area contributed by atoms with Crippen LogP contribution in [-0.2, 0) is 11.2 Å². The lowest BCUT2D eigenvalue weighted by molar-refractivity contribution is -0.134. The van der Waals surface area contributed by atoms with E-state index in [-0.39, 0.29) is 37.9 Å². The minimum atomic E-state index is -0.538. The molecule has 3 aromatic rings. The molecule has 2 heterocycles. The number of aryl methyl sites for hydroxylation is 2. The first-order chi connectivity index (χ1) is 20.4. The van der Waals surface area contributed by atoms with Gasteiger partial charge in [-0.15, -0.1) is 0 Å². The second kappa shape index (κ2) is 13.6. The first kappa shape index (κ1) is 31.3. The molecule has 1 aromatic heterocycles. The Hall–Kier alpha value is -4.65. The number of aliphatic hydroxyl groups is 1. The van der Waals surface area contributed by atoms with E-state index in [1.807, 2.05) is 6.92 Å². The zero-order chi connectivity index (χ0) is 31.3. The maximum atomic E-state index is 13.5. The Kier molecular flexibility index (Phi) is 9.86. The maximum Gasteiger partial charge on any atom is 0.323 e. The van der Waals surface area contributed by atoms with Gasteiger partial charge in [0.05, 0.1) is 25.6 Å². The number of amides is 5. The van der Waals surface area contributed by atoms with Gasteiger partial charge in [-0.2, -0.15) is 0 Å². The number of hydrogen-bond donors (Lipinski definition) is 4. The second-order valence-electron chi connectivity index (χ2n) is 10.8. The number of anilines is 3. The van der Waals surface area contributed by atoms with Gasteiger partial charge in [0.1, 0.15) is 29.1 Å². The standard InChI is InChI=1S/C30H37FN6O6/c1-17-14-37(18(2)16-38)27(39)13-21-12-24(32-29(40)34-28-19(3)35-43-20(28)4)10-11-25(21)42-26(17)15-36(5)30(41)33-23-8-6-22(31)7-9-23/h6-12,17-18,26,38H,13-16H2,1-5H3,(H,33,41)(H2,32,34,40)/t17-,18-,26+/m0/s1. The van der Waals surface area contributed by atoms with E-state index in [1.165, 1.54) is 29.2 Å². The molecule has 0 radical (unpaired) electrons. The van der Waals surface area contributed by atoms with Crippen molar-refractivity contribution in [2.24, 2.45) is 5.92 Å². The summed E-state index contributed by atoms with van der Waals surface area (Å²) in [6.07, 6.45) is -0.565. The highest BCUT2D eigenvalue weighted by Gasteiger charge is 2.32. The number of likely N-dealkylation sites (N-methyl/N-ethyl adjacent to an activating group) is 1. The zero-order valence-electron chi connectivity index (χ0n) is 24.8. The lowest BCUT2D eigenvalue weighted by atomic mass is 10.0. The summed E-state index contributed by atoms with van der Waals surface area (Å²) in [5, 5.41) is 21.9. The lowest BCUT2D eigenvalue weighted by Gasteiger charge is -2.34. The first-order valence-corrected chi connectivity index (χ1v) is 13.9. The molecule has 5 amide bonds. The largest absolute Gasteiger partial charge is 0.488 e. The van der Waals surface area contributed by atoms with Gasteiger partial charge in [0.2, 0.25) is 5.91 Å². The number of benzene rings is 2. The molecule has 0 aliphatic carbocycles. The molecule has 3 atom stereocenters. The molecule has 0 fully saturated rings. The van der Waals surface area contributed by atoms with Crippen LogP contribution in [-0.4, -0.2) is 76.9 Å². The molecular weight excluding hydrogens is 559 g/mol. The molecule has 0 unspecified atom stereocenters. The van der Waals surface area contributed by atoms with Gasteiger partial charge in [0.15, 0.2) is 5.76 Å². The van der Waals surface area contributed by atoms with Crippen LogP contribution in [0.15, 0.2) is 47.0 Å². The van der Waals surface area contributed by atoms with E-state index < -0.39 is 30.0 Å². The van der Waals surface area contributed by atoms with Crippen molar-refractivity contribution < 1.29 is 33.1 Å². The molecule has 1 aliphatic heterocycles. The van der Waals surface area contributed by atoms with Gasteiger partial charge in [0, 0.05) is 36.4 Å². The Balaban J connectivity index is 1.56. The van der Waals surface area contributed by atoms with Gasteiger partial charge in [0.25, 0.3) is 0 Å². The third-order valence-corrected chi connectivity index (χ3v) is 7.34. The van der Waals surface area contributed by atoms with Crippen molar-refractivity contribution in [1.29, 1.82) is 0 Å². The van der Waals surface area contributed by atoms with E-state index in [4.69, 9.17) is 9.26 Å². The fourth-order valence-corrected chi connectivity index (χ4v) is 4.77. The summed E-state index contributed by atoms with van der Waals surface area (Å²) in [6, 6.07) is 9.09. The molecule has 4 N–H and O–H groups in total. The first-order valence-electron chi connectivity index (χ1n) is 13.9. The third kappa shape index (κ3) is 7.80. The smallest absolute Gasteiger partial charge is 0.323 e. The summed E-state index contributed by atoms with van der Waals surface area (Å²) in [5.41, 5.74) is 2.42. The van der Waals surface area contributed by atoms with Crippen molar-refractivity contribution in [3.05, 3.63) is 65.3 Å². The maximum absolute atomic E-state index is 13.5. The molecule has 230 valence electrons. The molecule has 12 nitrogen and oxygen atoms in total. The quantitative estimate of drug-likeness (QED) is 0.316. The molecule has 0 bridgehead atoms.